The maximum atomic E-state index is 5.56. The summed E-state index contributed by atoms with van der Waals surface area (Å²) in [5, 5.41) is 7.32. The highest BCUT2D eigenvalue weighted by molar-refractivity contribution is 6.17. The van der Waals surface area contributed by atoms with Crippen LogP contribution in [0.3, 0.4) is 0 Å². The molecule has 0 atom stereocenters. The number of ether oxygens (including phenoxy) is 2. The lowest BCUT2D eigenvalue weighted by atomic mass is 9.94. The van der Waals surface area contributed by atoms with Gasteiger partial charge in [-0.15, -0.1) is 0 Å². The third-order valence-electron chi connectivity index (χ3n) is 5.15. The predicted octanol–water partition coefficient (Wildman–Crippen LogP) is 8.86. The molecular formula is C29H34O2. The molecule has 0 aliphatic rings. The molecule has 0 N–H and O–H groups in total. The summed E-state index contributed by atoms with van der Waals surface area (Å²) in [5.74, 6) is 0.848. The highest BCUT2D eigenvalue weighted by Gasteiger charge is 2.09. The molecule has 31 heavy (non-hydrogen) atoms. The Balaban J connectivity index is 0.000000807. The molecule has 0 aliphatic carbocycles. The Bertz CT molecular complexity index is 1220. The Morgan fingerprint density at radius 1 is 0.742 bits per heavy atom. The van der Waals surface area contributed by atoms with Crippen molar-refractivity contribution in [2.24, 2.45) is 0 Å². The fourth-order valence-electron chi connectivity index (χ4n) is 3.75. The van der Waals surface area contributed by atoms with Crippen LogP contribution in [0, 0.1) is 0 Å². The molecule has 0 unspecified atom stereocenters. The summed E-state index contributed by atoms with van der Waals surface area (Å²) in [6.07, 6.45) is 3.61. The molecule has 0 radical (unpaired) electrons. The Morgan fingerprint density at radius 3 is 1.90 bits per heavy atom. The largest absolute Gasteiger partial charge is 0.504 e. The van der Waals surface area contributed by atoms with Crippen molar-refractivity contribution in [1.29, 1.82) is 0 Å². The minimum absolute atomic E-state index is 0.848. The molecule has 0 aliphatic heterocycles. The van der Waals surface area contributed by atoms with Crippen LogP contribution in [0.2, 0.25) is 0 Å². The van der Waals surface area contributed by atoms with Crippen LogP contribution in [0.5, 0.6) is 5.75 Å². The minimum atomic E-state index is 0.848. The molecule has 0 heterocycles. The van der Waals surface area contributed by atoms with Gasteiger partial charge < -0.3 is 9.47 Å². The monoisotopic (exact) mass is 414 g/mol. The molecule has 0 amide bonds. The van der Waals surface area contributed by atoms with Gasteiger partial charge in [-0.3, -0.25) is 0 Å². The van der Waals surface area contributed by atoms with E-state index in [1.54, 1.807) is 20.5 Å². The zero-order valence-electron chi connectivity index (χ0n) is 19.9. The minimum Gasteiger partial charge on any atom is -0.504 e. The number of hydrogen-bond acceptors (Lipinski definition) is 2. The summed E-state index contributed by atoms with van der Waals surface area (Å²) in [6, 6.07) is 19.6. The third kappa shape index (κ3) is 4.74. The molecule has 4 rings (SSSR count). The third-order valence-corrected chi connectivity index (χ3v) is 5.15. The van der Waals surface area contributed by atoms with Crippen molar-refractivity contribution in [1.82, 2.24) is 0 Å². The first-order valence-electron chi connectivity index (χ1n) is 11.0. The highest BCUT2D eigenvalue weighted by Crippen LogP contribution is 2.35. The van der Waals surface area contributed by atoms with E-state index in [0.29, 0.717) is 0 Å². The van der Waals surface area contributed by atoms with E-state index >= 15 is 0 Å². The number of fused-ring (bicyclic) bond motifs is 5. The molecule has 0 aromatic heterocycles. The molecule has 2 heteroatoms. The summed E-state index contributed by atoms with van der Waals surface area (Å²) in [7, 11) is 3.38. The van der Waals surface area contributed by atoms with Gasteiger partial charge in [0.2, 0.25) is 0 Å². The van der Waals surface area contributed by atoms with E-state index in [4.69, 9.17) is 9.47 Å². The first kappa shape index (κ1) is 24.0. The van der Waals surface area contributed by atoms with Gasteiger partial charge in [0.05, 0.1) is 20.5 Å². The average molecular weight is 415 g/mol. The van der Waals surface area contributed by atoms with E-state index in [-0.39, 0.29) is 0 Å². The molecule has 0 saturated heterocycles. The summed E-state index contributed by atoms with van der Waals surface area (Å²) >= 11 is 0. The van der Waals surface area contributed by atoms with Gasteiger partial charge in [-0.1, -0.05) is 76.7 Å². The number of rotatable bonds is 4. The second-order valence-electron chi connectivity index (χ2n) is 6.72. The first-order valence-corrected chi connectivity index (χ1v) is 11.0. The van der Waals surface area contributed by atoms with Crippen molar-refractivity contribution in [3.8, 4) is 5.75 Å². The fourth-order valence-corrected chi connectivity index (χ4v) is 3.75. The molecule has 0 fully saturated rings. The van der Waals surface area contributed by atoms with Crippen LogP contribution >= 0.6 is 0 Å². The molecular weight excluding hydrogens is 380 g/mol. The van der Waals surface area contributed by atoms with Gasteiger partial charge in [0.15, 0.2) is 0 Å². The van der Waals surface area contributed by atoms with Crippen molar-refractivity contribution in [3.63, 3.8) is 0 Å². The zero-order valence-corrected chi connectivity index (χ0v) is 19.9. The topological polar surface area (TPSA) is 18.5 Å². The second-order valence-corrected chi connectivity index (χ2v) is 6.72. The van der Waals surface area contributed by atoms with Gasteiger partial charge in [-0.2, -0.15) is 0 Å². The molecule has 4 aromatic rings. The van der Waals surface area contributed by atoms with Crippen molar-refractivity contribution in [2.75, 3.05) is 14.2 Å². The smallest absolute Gasteiger partial charge is 0.126 e. The quantitative estimate of drug-likeness (QED) is 0.245. The summed E-state index contributed by atoms with van der Waals surface area (Å²) in [5.41, 5.74) is 3.29. The van der Waals surface area contributed by atoms with E-state index < -0.39 is 0 Å². The zero-order chi connectivity index (χ0) is 23.0. The van der Waals surface area contributed by atoms with Crippen LogP contribution in [0.15, 0.2) is 67.4 Å². The Hall–Kier alpha value is -3.26. The lowest BCUT2D eigenvalue weighted by Gasteiger charge is -2.12. The van der Waals surface area contributed by atoms with Crippen LogP contribution in [-0.4, -0.2) is 14.2 Å². The summed E-state index contributed by atoms with van der Waals surface area (Å²) in [4.78, 5) is 0. The van der Waals surface area contributed by atoms with Crippen molar-refractivity contribution >= 4 is 44.0 Å². The van der Waals surface area contributed by atoms with Crippen molar-refractivity contribution in [3.05, 3.63) is 78.6 Å². The number of hydrogen-bond donors (Lipinski definition) is 0. The van der Waals surface area contributed by atoms with Gasteiger partial charge in [0.1, 0.15) is 5.75 Å². The normalized spacial score (nSPS) is 10.7. The molecule has 2 nitrogen and oxygen atoms in total. The Morgan fingerprint density at radius 2 is 1.32 bits per heavy atom. The van der Waals surface area contributed by atoms with Crippen molar-refractivity contribution < 1.29 is 9.47 Å². The van der Waals surface area contributed by atoms with E-state index in [1.807, 2.05) is 33.8 Å². The molecule has 4 aromatic carbocycles. The van der Waals surface area contributed by atoms with Crippen LogP contribution in [0.1, 0.15) is 45.7 Å². The Labute approximate surface area is 186 Å². The lowest BCUT2D eigenvalue weighted by Crippen LogP contribution is -1.89. The molecule has 162 valence electrons. The molecule has 0 bridgehead atoms. The van der Waals surface area contributed by atoms with Gasteiger partial charge in [0.25, 0.3) is 0 Å². The van der Waals surface area contributed by atoms with Gasteiger partial charge >= 0.3 is 0 Å². The van der Waals surface area contributed by atoms with Crippen LogP contribution < -0.4 is 4.74 Å². The summed E-state index contributed by atoms with van der Waals surface area (Å²) < 4.78 is 10.7. The van der Waals surface area contributed by atoms with Gasteiger partial charge in [-0.05, 0) is 68.6 Å². The predicted molar refractivity (Wildman–Crippen MR) is 139 cm³/mol. The van der Waals surface area contributed by atoms with Gasteiger partial charge in [-0.25, -0.2) is 0 Å². The lowest BCUT2D eigenvalue weighted by molar-refractivity contribution is 0.339. The maximum absolute atomic E-state index is 5.56. The van der Waals surface area contributed by atoms with E-state index in [1.165, 1.54) is 37.9 Å². The Kier molecular flexibility index (Phi) is 8.69. The SMILES string of the molecule is C=Cc1cc2ccc3c4ccc(/C(C)=C\OC)cc4ccc3c2cc1OC.CC.CC. The van der Waals surface area contributed by atoms with Crippen molar-refractivity contribution in [2.45, 2.75) is 34.6 Å². The van der Waals surface area contributed by atoms with E-state index in [0.717, 1.165) is 16.9 Å². The average Bonchev–Trinajstić information content (AvgIpc) is 2.84. The number of allylic oxidation sites excluding steroid dienone is 1. The first-order chi connectivity index (χ1) is 15.2. The number of benzene rings is 4. The van der Waals surface area contributed by atoms with Crippen LogP contribution in [0.4, 0.5) is 0 Å². The highest BCUT2D eigenvalue weighted by atomic mass is 16.5. The standard InChI is InChI=1S/C25H22O2.2C2H6/c1-5-17-12-20-8-10-22-21-9-6-18(16(2)15-26-3)13-19(21)7-11-23(22)24(20)14-25(17)27-4;2*1-2/h5-15H,1H2,2-4H3;2*1-2H3/b16-15-;;. The van der Waals surface area contributed by atoms with E-state index in [9.17, 15) is 0 Å². The molecule has 0 spiro atoms. The second kappa shape index (κ2) is 11.2. The maximum Gasteiger partial charge on any atom is 0.126 e. The van der Waals surface area contributed by atoms with E-state index in [2.05, 4.69) is 68.1 Å². The number of methoxy groups -OCH3 is 2. The summed E-state index contributed by atoms with van der Waals surface area (Å²) in [6.45, 7) is 13.9. The molecule has 0 saturated carbocycles. The van der Waals surface area contributed by atoms with Crippen LogP contribution in [-0.2, 0) is 4.74 Å². The van der Waals surface area contributed by atoms with Crippen LogP contribution in [0.25, 0.3) is 44.0 Å². The fraction of sp³-hybridized carbons (Fsp3) is 0.241. The van der Waals surface area contributed by atoms with Gasteiger partial charge in [0, 0.05) is 5.56 Å².